The molecule has 0 spiro atoms. The van der Waals surface area contributed by atoms with Crippen molar-refractivity contribution in [3.63, 3.8) is 0 Å². The molecule has 0 aliphatic carbocycles. The molecule has 5 nitrogen and oxygen atoms in total. The van der Waals surface area contributed by atoms with Gasteiger partial charge in [0.25, 0.3) is 5.91 Å². The van der Waals surface area contributed by atoms with Gasteiger partial charge < -0.3 is 14.6 Å². The maximum atomic E-state index is 12.9. The van der Waals surface area contributed by atoms with Crippen molar-refractivity contribution in [2.75, 3.05) is 6.61 Å². The van der Waals surface area contributed by atoms with E-state index >= 15 is 0 Å². The number of aromatic nitrogens is 2. The van der Waals surface area contributed by atoms with Crippen LogP contribution in [0.2, 0.25) is 0 Å². The Kier molecular flexibility index (Phi) is 6.78. The summed E-state index contributed by atoms with van der Waals surface area (Å²) in [5.74, 6) is 1.67. The molecule has 0 bridgehead atoms. The molecule has 0 saturated heterocycles. The van der Waals surface area contributed by atoms with Crippen molar-refractivity contribution in [1.29, 1.82) is 0 Å². The maximum absolute atomic E-state index is 12.9. The van der Waals surface area contributed by atoms with E-state index in [2.05, 4.69) is 48.0 Å². The number of fused-ring (bicyclic) bond motifs is 1. The molecule has 1 heterocycles. The van der Waals surface area contributed by atoms with Gasteiger partial charge in [-0.2, -0.15) is 0 Å². The Morgan fingerprint density at radius 1 is 1.00 bits per heavy atom. The van der Waals surface area contributed by atoms with Crippen LogP contribution in [0.1, 0.15) is 52.3 Å². The third-order valence-electron chi connectivity index (χ3n) is 5.80. The number of rotatable bonds is 8. The van der Waals surface area contributed by atoms with Crippen LogP contribution in [-0.4, -0.2) is 22.1 Å². The van der Waals surface area contributed by atoms with E-state index in [1.54, 1.807) is 0 Å². The number of carbonyl (C=O) groups is 1. The minimum Gasteiger partial charge on any atom is -0.494 e. The Bertz CT molecular complexity index is 1260. The van der Waals surface area contributed by atoms with Crippen LogP contribution >= 0.6 is 0 Å². The number of carbonyl (C=O) groups excluding carboxylic acids is 1. The molecule has 33 heavy (non-hydrogen) atoms. The molecule has 5 heteroatoms. The molecule has 1 aromatic heterocycles. The number of amides is 1. The normalized spacial score (nSPS) is 12.0. The zero-order valence-corrected chi connectivity index (χ0v) is 19.8. The molecule has 1 amide bonds. The summed E-state index contributed by atoms with van der Waals surface area (Å²) in [5, 5.41) is 3.13. The molecule has 170 valence electrons. The molecule has 0 aliphatic heterocycles. The lowest BCUT2D eigenvalue weighted by Gasteiger charge is -2.17. The van der Waals surface area contributed by atoms with Crippen LogP contribution in [0.25, 0.3) is 11.0 Å². The number of ether oxygens (including phenoxy) is 1. The first-order valence-electron chi connectivity index (χ1n) is 11.4. The van der Waals surface area contributed by atoms with E-state index in [9.17, 15) is 4.79 Å². The third-order valence-corrected chi connectivity index (χ3v) is 5.80. The van der Waals surface area contributed by atoms with Crippen molar-refractivity contribution < 1.29 is 9.53 Å². The second-order valence-electron chi connectivity index (χ2n) is 8.65. The Hall–Kier alpha value is -3.60. The van der Waals surface area contributed by atoms with Crippen LogP contribution in [0.15, 0.2) is 66.7 Å². The van der Waals surface area contributed by atoms with Crippen molar-refractivity contribution in [3.8, 4) is 5.75 Å². The highest BCUT2D eigenvalue weighted by atomic mass is 16.5. The topological polar surface area (TPSA) is 56.1 Å². The molecule has 3 aromatic carbocycles. The van der Waals surface area contributed by atoms with Gasteiger partial charge in [0.1, 0.15) is 11.6 Å². The van der Waals surface area contributed by atoms with Gasteiger partial charge in [0, 0.05) is 12.1 Å². The van der Waals surface area contributed by atoms with Gasteiger partial charge >= 0.3 is 0 Å². The summed E-state index contributed by atoms with van der Waals surface area (Å²) in [6, 6.07) is 21.8. The zero-order valence-electron chi connectivity index (χ0n) is 19.8. The minimum absolute atomic E-state index is 0.0858. The molecule has 0 fully saturated rings. The third kappa shape index (κ3) is 5.25. The van der Waals surface area contributed by atoms with Crippen molar-refractivity contribution >= 4 is 16.9 Å². The number of hydrogen-bond donors (Lipinski definition) is 1. The first kappa shape index (κ1) is 22.6. The van der Waals surface area contributed by atoms with Crippen LogP contribution in [0.4, 0.5) is 0 Å². The van der Waals surface area contributed by atoms with Crippen molar-refractivity contribution in [2.24, 2.45) is 0 Å². The molecule has 0 aliphatic rings. The SMILES string of the molecule is Cc1cc(C)cc(OCCCn2c(C(C)NC(=O)c3ccccc3C)nc3ccccc32)c1. The average molecular weight is 442 g/mol. The fraction of sp³-hybridized carbons (Fsp3) is 0.286. The summed E-state index contributed by atoms with van der Waals surface area (Å²) in [5.41, 5.74) is 6.04. The quantitative estimate of drug-likeness (QED) is 0.345. The standard InChI is InChI=1S/C28H31N3O2/c1-19-16-20(2)18-23(17-19)33-15-9-14-31-26-13-8-7-12-25(26)30-27(31)22(4)29-28(32)24-11-6-5-10-21(24)3/h5-8,10-13,16-18,22H,9,14-15H2,1-4H3,(H,29,32). The maximum Gasteiger partial charge on any atom is 0.252 e. The van der Waals surface area contributed by atoms with Crippen LogP contribution in [-0.2, 0) is 6.54 Å². The van der Waals surface area contributed by atoms with E-state index in [0.717, 1.165) is 41.1 Å². The Morgan fingerprint density at radius 3 is 2.45 bits per heavy atom. The van der Waals surface area contributed by atoms with Gasteiger partial charge in [0.15, 0.2) is 0 Å². The van der Waals surface area contributed by atoms with Gasteiger partial charge in [-0.25, -0.2) is 4.98 Å². The van der Waals surface area contributed by atoms with E-state index in [-0.39, 0.29) is 11.9 Å². The monoisotopic (exact) mass is 441 g/mol. The molecular formula is C28H31N3O2. The molecule has 0 radical (unpaired) electrons. The van der Waals surface area contributed by atoms with Gasteiger partial charge in [-0.05, 0) is 81.1 Å². The van der Waals surface area contributed by atoms with E-state index < -0.39 is 0 Å². The minimum atomic E-state index is -0.232. The van der Waals surface area contributed by atoms with Gasteiger partial charge in [-0.15, -0.1) is 0 Å². The van der Waals surface area contributed by atoms with Gasteiger partial charge in [-0.1, -0.05) is 36.4 Å². The second kappa shape index (κ2) is 9.90. The zero-order chi connectivity index (χ0) is 23.4. The average Bonchev–Trinajstić information content (AvgIpc) is 3.15. The predicted octanol–water partition coefficient (Wildman–Crippen LogP) is 5.92. The molecule has 4 rings (SSSR count). The highest BCUT2D eigenvalue weighted by molar-refractivity contribution is 5.95. The summed E-state index contributed by atoms with van der Waals surface area (Å²) in [7, 11) is 0. The molecule has 1 N–H and O–H groups in total. The van der Waals surface area contributed by atoms with Crippen molar-refractivity contribution in [2.45, 2.75) is 46.7 Å². The van der Waals surface area contributed by atoms with Crippen molar-refractivity contribution in [1.82, 2.24) is 14.9 Å². The van der Waals surface area contributed by atoms with E-state index in [1.165, 1.54) is 11.1 Å². The smallest absolute Gasteiger partial charge is 0.252 e. The van der Waals surface area contributed by atoms with Crippen LogP contribution in [0, 0.1) is 20.8 Å². The molecule has 1 atom stereocenters. The highest BCUT2D eigenvalue weighted by Gasteiger charge is 2.19. The van der Waals surface area contributed by atoms with Crippen LogP contribution in [0.3, 0.4) is 0 Å². The van der Waals surface area contributed by atoms with E-state index in [0.29, 0.717) is 12.2 Å². The lowest BCUT2D eigenvalue weighted by atomic mass is 10.1. The Morgan fingerprint density at radius 2 is 1.70 bits per heavy atom. The Labute approximate surface area is 195 Å². The second-order valence-corrected chi connectivity index (χ2v) is 8.65. The van der Waals surface area contributed by atoms with E-state index in [1.807, 2.05) is 56.3 Å². The molecule has 0 saturated carbocycles. The lowest BCUT2D eigenvalue weighted by molar-refractivity contribution is 0.0937. The number of aryl methyl sites for hydroxylation is 4. The number of nitrogens with zero attached hydrogens (tertiary/aromatic N) is 2. The lowest BCUT2D eigenvalue weighted by Crippen LogP contribution is -2.29. The molecule has 4 aromatic rings. The molecular weight excluding hydrogens is 410 g/mol. The fourth-order valence-electron chi connectivity index (χ4n) is 4.26. The number of para-hydroxylation sites is 2. The molecule has 1 unspecified atom stereocenters. The summed E-state index contributed by atoms with van der Waals surface area (Å²) < 4.78 is 8.21. The number of hydrogen-bond acceptors (Lipinski definition) is 3. The fourth-order valence-corrected chi connectivity index (χ4v) is 4.26. The number of imidazole rings is 1. The largest absolute Gasteiger partial charge is 0.494 e. The Balaban J connectivity index is 1.49. The van der Waals surface area contributed by atoms with Crippen molar-refractivity contribution in [3.05, 3.63) is 94.8 Å². The summed E-state index contributed by atoms with van der Waals surface area (Å²) in [6.07, 6.45) is 0.832. The summed E-state index contributed by atoms with van der Waals surface area (Å²) in [6.45, 7) is 9.46. The first-order chi connectivity index (χ1) is 15.9. The summed E-state index contributed by atoms with van der Waals surface area (Å²) in [4.78, 5) is 17.7. The van der Waals surface area contributed by atoms with E-state index in [4.69, 9.17) is 9.72 Å². The highest BCUT2D eigenvalue weighted by Crippen LogP contribution is 2.22. The summed E-state index contributed by atoms with van der Waals surface area (Å²) >= 11 is 0. The van der Waals surface area contributed by atoms with Gasteiger partial charge in [-0.3, -0.25) is 4.79 Å². The number of benzene rings is 3. The van der Waals surface area contributed by atoms with Crippen LogP contribution in [0.5, 0.6) is 5.75 Å². The first-order valence-corrected chi connectivity index (χ1v) is 11.4. The predicted molar refractivity (Wildman–Crippen MR) is 133 cm³/mol. The van der Waals surface area contributed by atoms with Crippen LogP contribution < -0.4 is 10.1 Å². The number of nitrogens with one attached hydrogen (secondary N) is 1. The van der Waals surface area contributed by atoms with Gasteiger partial charge in [0.05, 0.1) is 23.7 Å². The van der Waals surface area contributed by atoms with Gasteiger partial charge in [0.2, 0.25) is 0 Å².